The van der Waals surface area contributed by atoms with Crippen LogP contribution in [0.1, 0.15) is 44.2 Å². The van der Waals surface area contributed by atoms with E-state index in [4.69, 9.17) is 9.84 Å². The van der Waals surface area contributed by atoms with Crippen LogP contribution in [0.3, 0.4) is 0 Å². The Morgan fingerprint density at radius 2 is 1.70 bits per heavy atom. The van der Waals surface area contributed by atoms with Crippen LogP contribution in [0.2, 0.25) is 0 Å². The maximum absolute atomic E-state index is 12.8. The van der Waals surface area contributed by atoms with Crippen molar-refractivity contribution in [1.82, 2.24) is 4.90 Å². The van der Waals surface area contributed by atoms with Gasteiger partial charge in [-0.3, -0.25) is 9.69 Å². The quantitative estimate of drug-likeness (QED) is 0.701. The fourth-order valence-electron chi connectivity index (χ4n) is 4.47. The van der Waals surface area contributed by atoms with Crippen molar-refractivity contribution in [2.24, 2.45) is 11.8 Å². The molecule has 1 N–H and O–H groups in total. The number of likely N-dealkylation sites (tertiary alicyclic amines) is 1. The second-order valence-corrected chi connectivity index (χ2v) is 8.57. The van der Waals surface area contributed by atoms with Gasteiger partial charge in [0.1, 0.15) is 5.75 Å². The molecule has 1 aliphatic heterocycles. The minimum Gasteiger partial charge on any atom is -0.490 e. The lowest BCUT2D eigenvalue weighted by atomic mass is 9.87. The summed E-state index contributed by atoms with van der Waals surface area (Å²) >= 11 is 0. The minimum atomic E-state index is -4.10. The molecule has 2 aromatic carbocycles. The van der Waals surface area contributed by atoms with Crippen molar-refractivity contribution in [3.05, 3.63) is 42.0 Å². The Kier molecular flexibility index (Phi) is 5.66. The van der Waals surface area contributed by atoms with Crippen molar-refractivity contribution in [3.8, 4) is 5.75 Å². The molecular formula is C23H26F3NO3. The molecule has 2 aromatic rings. The SMILES string of the molecule is CC(c1ccc2cc(OC3CCC(C(F)(F)F)CC3)ccc2c1)N1CC(C(=O)O)C1. The molecule has 7 heteroatoms. The first-order valence-corrected chi connectivity index (χ1v) is 10.4. The number of halogens is 3. The molecule has 1 unspecified atom stereocenters. The van der Waals surface area contributed by atoms with Gasteiger partial charge in [0.15, 0.2) is 0 Å². The summed E-state index contributed by atoms with van der Waals surface area (Å²) in [5, 5.41) is 11.1. The minimum absolute atomic E-state index is 0.127. The lowest BCUT2D eigenvalue weighted by molar-refractivity contribution is -0.185. The van der Waals surface area contributed by atoms with E-state index in [0.29, 0.717) is 31.7 Å². The summed E-state index contributed by atoms with van der Waals surface area (Å²) in [5.74, 6) is -1.53. The first-order valence-electron chi connectivity index (χ1n) is 10.4. The zero-order chi connectivity index (χ0) is 21.5. The number of hydrogen-bond acceptors (Lipinski definition) is 3. The van der Waals surface area contributed by atoms with Gasteiger partial charge in [-0.1, -0.05) is 18.2 Å². The number of ether oxygens (including phenoxy) is 1. The van der Waals surface area contributed by atoms with Gasteiger partial charge in [-0.2, -0.15) is 13.2 Å². The maximum atomic E-state index is 12.8. The molecule has 0 radical (unpaired) electrons. The highest BCUT2D eigenvalue weighted by Crippen LogP contribution is 2.39. The molecule has 1 aliphatic carbocycles. The van der Waals surface area contributed by atoms with Gasteiger partial charge in [0, 0.05) is 19.1 Å². The third-order valence-electron chi connectivity index (χ3n) is 6.56. The Balaban J connectivity index is 1.38. The van der Waals surface area contributed by atoms with E-state index in [1.54, 1.807) is 0 Å². The van der Waals surface area contributed by atoms with Crippen LogP contribution in [0.5, 0.6) is 5.75 Å². The van der Waals surface area contributed by atoms with Crippen LogP contribution < -0.4 is 4.74 Å². The first-order chi connectivity index (χ1) is 14.2. The van der Waals surface area contributed by atoms with Gasteiger partial charge in [-0.05, 0) is 67.1 Å². The van der Waals surface area contributed by atoms with Crippen molar-refractivity contribution in [2.45, 2.75) is 50.9 Å². The summed E-state index contributed by atoms with van der Waals surface area (Å²) in [7, 11) is 0. The maximum Gasteiger partial charge on any atom is 0.391 e. The number of alkyl halides is 3. The molecule has 1 saturated carbocycles. The predicted octanol–water partition coefficient (Wildman–Crippen LogP) is 5.42. The molecule has 4 nitrogen and oxygen atoms in total. The average molecular weight is 421 g/mol. The van der Waals surface area contributed by atoms with Crippen molar-refractivity contribution in [2.75, 3.05) is 13.1 Å². The Bertz CT molecular complexity index is 916. The molecule has 1 heterocycles. The third-order valence-corrected chi connectivity index (χ3v) is 6.56. The number of carboxylic acids is 1. The summed E-state index contributed by atoms with van der Waals surface area (Å²) in [6.07, 6.45) is -3.18. The van der Waals surface area contributed by atoms with E-state index in [-0.39, 0.29) is 30.9 Å². The van der Waals surface area contributed by atoms with E-state index in [1.807, 2.05) is 30.3 Å². The van der Waals surface area contributed by atoms with E-state index in [0.717, 1.165) is 16.3 Å². The smallest absolute Gasteiger partial charge is 0.391 e. The Hall–Kier alpha value is -2.28. The zero-order valence-corrected chi connectivity index (χ0v) is 16.9. The summed E-state index contributed by atoms with van der Waals surface area (Å²) < 4.78 is 44.4. The first kappa shape index (κ1) is 21.0. The normalized spacial score (nSPS) is 24.4. The van der Waals surface area contributed by atoms with Gasteiger partial charge in [0.2, 0.25) is 0 Å². The summed E-state index contributed by atoms with van der Waals surface area (Å²) in [4.78, 5) is 13.2. The fourth-order valence-corrected chi connectivity index (χ4v) is 4.47. The molecule has 0 bridgehead atoms. The Labute approximate surface area is 173 Å². The van der Waals surface area contributed by atoms with Gasteiger partial charge >= 0.3 is 12.1 Å². The van der Waals surface area contributed by atoms with Gasteiger partial charge in [0.05, 0.1) is 17.9 Å². The number of aliphatic carboxylic acids is 1. The number of benzene rings is 2. The zero-order valence-electron chi connectivity index (χ0n) is 16.9. The molecule has 0 aromatic heterocycles. The van der Waals surface area contributed by atoms with E-state index < -0.39 is 18.1 Å². The number of carbonyl (C=O) groups is 1. The van der Waals surface area contributed by atoms with Crippen molar-refractivity contribution < 1.29 is 27.8 Å². The molecular weight excluding hydrogens is 395 g/mol. The van der Waals surface area contributed by atoms with Gasteiger partial charge in [0.25, 0.3) is 0 Å². The van der Waals surface area contributed by atoms with Crippen LogP contribution in [-0.4, -0.2) is 41.3 Å². The van der Waals surface area contributed by atoms with Crippen molar-refractivity contribution in [3.63, 3.8) is 0 Å². The van der Waals surface area contributed by atoms with Crippen LogP contribution in [0.15, 0.2) is 36.4 Å². The topological polar surface area (TPSA) is 49.8 Å². The lowest BCUT2D eigenvalue weighted by Crippen LogP contribution is -2.51. The average Bonchev–Trinajstić information content (AvgIpc) is 2.65. The highest BCUT2D eigenvalue weighted by molar-refractivity contribution is 5.84. The molecule has 0 amide bonds. The second kappa shape index (κ2) is 8.10. The largest absolute Gasteiger partial charge is 0.490 e. The van der Waals surface area contributed by atoms with Gasteiger partial charge < -0.3 is 9.84 Å². The number of nitrogens with zero attached hydrogens (tertiary/aromatic N) is 1. The molecule has 1 saturated heterocycles. The van der Waals surface area contributed by atoms with Crippen molar-refractivity contribution >= 4 is 16.7 Å². The monoisotopic (exact) mass is 421 g/mol. The molecule has 1 atom stereocenters. The summed E-state index contributed by atoms with van der Waals surface area (Å²) in [6, 6.07) is 12.1. The summed E-state index contributed by atoms with van der Waals surface area (Å²) in [5.41, 5.74) is 1.13. The number of hydrogen-bond donors (Lipinski definition) is 1. The molecule has 30 heavy (non-hydrogen) atoms. The molecule has 4 rings (SSSR count). The van der Waals surface area contributed by atoms with E-state index in [2.05, 4.69) is 17.9 Å². The van der Waals surface area contributed by atoms with Crippen LogP contribution >= 0.6 is 0 Å². The lowest BCUT2D eigenvalue weighted by Gasteiger charge is -2.41. The third kappa shape index (κ3) is 4.41. The van der Waals surface area contributed by atoms with Crippen LogP contribution in [0, 0.1) is 11.8 Å². The molecule has 162 valence electrons. The fraction of sp³-hybridized carbons (Fsp3) is 0.522. The molecule has 2 fully saturated rings. The van der Waals surface area contributed by atoms with E-state index in [1.165, 1.54) is 0 Å². The van der Waals surface area contributed by atoms with E-state index >= 15 is 0 Å². The Morgan fingerprint density at radius 3 is 2.33 bits per heavy atom. The molecule has 2 aliphatic rings. The number of rotatable bonds is 5. The summed E-state index contributed by atoms with van der Waals surface area (Å²) in [6.45, 7) is 3.21. The standard InChI is InChI=1S/C23H26F3NO3/c1-14(27-12-18(13-27)22(28)29)15-2-3-17-11-21(7-4-16(17)10-15)30-20-8-5-19(6-9-20)23(24,25)26/h2-4,7,10-11,14,18-20H,5-6,8-9,12-13H2,1H3,(H,28,29). The van der Waals surface area contributed by atoms with Gasteiger partial charge in [-0.15, -0.1) is 0 Å². The molecule has 0 spiro atoms. The Morgan fingerprint density at radius 1 is 1.07 bits per heavy atom. The number of carboxylic acid groups (broad SMARTS) is 1. The predicted molar refractivity (Wildman–Crippen MR) is 107 cm³/mol. The van der Waals surface area contributed by atoms with Crippen LogP contribution in [0.25, 0.3) is 10.8 Å². The number of fused-ring (bicyclic) bond motifs is 1. The van der Waals surface area contributed by atoms with Crippen LogP contribution in [-0.2, 0) is 4.79 Å². The van der Waals surface area contributed by atoms with Gasteiger partial charge in [-0.25, -0.2) is 0 Å². The second-order valence-electron chi connectivity index (χ2n) is 8.57. The highest BCUT2D eigenvalue weighted by Gasteiger charge is 2.41. The van der Waals surface area contributed by atoms with E-state index in [9.17, 15) is 18.0 Å². The highest BCUT2D eigenvalue weighted by atomic mass is 19.4. The van der Waals surface area contributed by atoms with Crippen LogP contribution in [0.4, 0.5) is 13.2 Å². The van der Waals surface area contributed by atoms with Crippen molar-refractivity contribution in [1.29, 1.82) is 0 Å².